The zero-order valence-electron chi connectivity index (χ0n) is 24.5. The van der Waals surface area contributed by atoms with Crippen LogP contribution in [0.1, 0.15) is 29.9 Å². The molecule has 0 saturated carbocycles. The average molecular weight is 637 g/mol. The quantitative estimate of drug-likeness (QED) is 0.377. The van der Waals surface area contributed by atoms with Gasteiger partial charge in [0.25, 0.3) is 5.91 Å². The van der Waals surface area contributed by atoms with Crippen molar-refractivity contribution < 1.29 is 26.4 Å². The molecule has 232 valence electrons. The molecule has 3 aliphatic rings. The van der Waals surface area contributed by atoms with E-state index in [4.69, 9.17) is 0 Å². The predicted molar refractivity (Wildman–Crippen MR) is 165 cm³/mol. The van der Waals surface area contributed by atoms with E-state index in [2.05, 4.69) is 22.3 Å². The van der Waals surface area contributed by atoms with Crippen molar-refractivity contribution in [2.75, 3.05) is 39.0 Å². The lowest BCUT2D eigenvalue weighted by molar-refractivity contribution is -0.133. The molecule has 3 amide bonds. The molecule has 6 rings (SSSR count). The largest absolute Gasteiger partial charge is 0.325 e. The van der Waals surface area contributed by atoms with Gasteiger partial charge in [0.2, 0.25) is 10.0 Å². The summed E-state index contributed by atoms with van der Waals surface area (Å²) in [7, 11) is -6.98. The Balaban J connectivity index is 1.12. The summed E-state index contributed by atoms with van der Waals surface area (Å²) in [5, 5.41) is 2.95. The van der Waals surface area contributed by atoms with Crippen LogP contribution in [-0.2, 0) is 31.2 Å². The highest BCUT2D eigenvalue weighted by Gasteiger charge is 2.52. The second-order valence-electron chi connectivity index (χ2n) is 12.0. The number of sulfonamides is 1. The third kappa shape index (κ3) is 5.91. The lowest BCUT2D eigenvalue weighted by atomic mass is 9.85. The Morgan fingerprint density at radius 1 is 0.795 bits per heavy atom. The van der Waals surface area contributed by atoms with Crippen LogP contribution in [0.2, 0.25) is 0 Å². The predicted octanol–water partition coefficient (Wildman–Crippen LogP) is 3.08. The molecule has 3 heterocycles. The van der Waals surface area contributed by atoms with Crippen molar-refractivity contribution in [2.45, 2.75) is 40.6 Å². The normalized spacial score (nSPS) is 22.9. The Kier molecular flexibility index (Phi) is 8.12. The van der Waals surface area contributed by atoms with Crippen LogP contribution in [0.15, 0.2) is 94.7 Å². The molecule has 0 aromatic heterocycles. The highest BCUT2D eigenvalue weighted by molar-refractivity contribution is 7.90. The molecular weight excluding hydrogens is 601 g/mol. The maximum Gasteiger partial charge on any atom is 0.325 e. The highest BCUT2D eigenvalue weighted by Crippen LogP contribution is 2.38. The molecule has 2 atom stereocenters. The average Bonchev–Trinajstić information content (AvgIpc) is 3.54. The van der Waals surface area contributed by atoms with E-state index >= 15 is 0 Å². The molecule has 0 bridgehead atoms. The third-order valence-electron chi connectivity index (χ3n) is 9.16. The summed E-state index contributed by atoms with van der Waals surface area (Å²) in [4.78, 5) is 30.4. The standard InChI is InChI=1S/C32H36N4O6S2/c1-43(39,40)27-14-12-24(13-15-27)20-36-30(37)32(33-31(36)38)16-18-34(19-17-32)21-26-22-35(23-29(26)25-8-4-2-5-9-25)44(41,42)28-10-6-3-7-11-28/h2-15,26,29H,16-23H2,1H3,(H,33,38)/t26-,29+/m0/s1. The van der Waals surface area contributed by atoms with E-state index in [1.54, 1.807) is 46.8 Å². The fraction of sp³-hybridized carbons (Fsp3) is 0.375. The Labute approximate surface area is 258 Å². The number of carbonyl (C=O) groups excluding carboxylic acids is 2. The fourth-order valence-corrected chi connectivity index (χ4v) is 8.84. The number of piperidine rings is 1. The van der Waals surface area contributed by atoms with Gasteiger partial charge in [0.15, 0.2) is 9.84 Å². The molecule has 3 aromatic rings. The summed E-state index contributed by atoms with van der Waals surface area (Å²) in [6, 6.07) is 24.3. The minimum Gasteiger partial charge on any atom is -0.323 e. The molecule has 3 aromatic carbocycles. The van der Waals surface area contributed by atoms with E-state index in [0.717, 1.165) is 11.8 Å². The molecule has 3 fully saturated rings. The van der Waals surface area contributed by atoms with Gasteiger partial charge in [-0.1, -0.05) is 60.7 Å². The first-order chi connectivity index (χ1) is 21.0. The molecule has 12 heteroatoms. The second-order valence-corrected chi connectivity index (χ2v) is 16.0. The smallest absolute Gasteiger partial charge is 0.323 e. The zero-order valence-corrected chi connectivity index (χ0v) is 26.1. The van der Waals surface area contributed by atoms with Crippen LogP contribution in [0, 0.1) is 5.92 Å². The Bertz CT molecular complexity index is 1740. The van der Waals surface area contributed by atoms with Gasteiger partial charge in [0, 0.05) is 44.9 Å². The summed E-state index contributed by atoms with van der Waals surface area (Å²) < 4.78 is 52.2. The number of nitrogens with zero attached hydrogens (tertiary/aromatic N) is 3. The van der Waals surface area contributed by atoms with Crippen molar-refractivity contribution in [3.05, 3.63) is 96.1 Å². The van der Waals surface area contributed by atoms with Crippen molar-refractivity contribution >= 4 is 31.8 Å². The number of carbonyl (C=O) groups is 2. The third-order valence-corrected chi connectivity index (χ3v) is 12.1. The molecule has 0 radical (unpaired) electrons. The number of amides is 3. The molecule has 0 unspecified atom stereocenters. The molecule has 1 spiro atoms. The van der Waals surface area contributed by atoms with Crippen LogP contribution >= 0.6 is 0 Å². The number of imide groups is 1. The van der Waals surface area contributed by atoms with Gasteiger partial charge in [-0.3, -0.25) is 9.69 Å². The minimum absolute atomic E-state index is 0.0305. The van der Waals surface area contributed by atoms with Crippen molar-refractivity contribution in [1.82, 2.24) is 19.4 Å². The maximum absolute atomic E-state index is 13.6. The molecular formula is C32H36N4O6S2. The van der Waals surface area contributed by atoms with E-state index in [-0.39, 0.29) is 29.2 Å². The van der Waals surface area contributed by atoms with E-state index < -0.39 is 31.4 Å². The van der Waals surface area contributed by atoms with Gasteiger partial charge in [-0.25, -0.2) is 21.6 Å². The lowest BCUT2D eigenvalue weighted by Crippen LogP contribution is -2.55. The van der Waals surface area contributed by atoms with Crippen LogP contribution in [0.25, 0.3) is 0 Å². The van der Waals surface area contributed by atoms with Crippen molar-refractivity contribution in [3.63, 3.8) is 0 Å². The number of likely N-dealkylation sites (tertiary alicyclic amines) is 1. The topological polar surface area (TPSA) is 124 Å². The van der Waals surface area contributed by atoms with Gasteiger partial charge in [0.1, 0.15) is 5.54 Å². The van der Waals surface area contributed by atoms with Crippen LogP contribution in [0.4, 0.5) is 4.79 Å². The lowest BCUT2D eigenvalue weighted by Gasteiger charge is -2.39. The van der Waals surface area contributed by atoms with Crippen LogP contribution in [-0.4, -0.2) is 87.4 Å². The Morgan fingerprint density at radius 3 is 2.02 bits per heavy atom. The van der Waals surface area contributed by atoms with E-state index in [0.29, 0.717) is 56.0 Å². The highest BCUT2D eigenvalue weighted by atomic mass is 32.2. The molecule has 10 nitrogen and oxygen atoms in total. The summed E-state index contributed by atoms with van der Waals surface area (Å²) in [6.45, 7) is 2.72. The number of benzene rings is 3. The first-order valence-electron chi connectivity index (χ1n) is 14.7. The van der Waals surface area contributed by atoms with Gasteiger partial charge < -0.3 is 10.2 Å². The minimum atomic E-state index is -3.64. The number of sulfone groups is 1. The first kappa shape index (κ1) is 30.4. The van der Waals surface area contributed by atoms with Gasteiger partial charge in [-0.05, 0) is 54.2 Å². The van der Waals surface area contributed by atoms with Crippen LogP contribution in [0.3, 0.4) is 0 Å². The number of urea groups is 1. The SMILES string of the molecule is CS(=O)(=O)c1ccc(CN2C(=O)NC3(CCN(C[C@H]4CN(S(=O)(=O)c5ccccc5)C[C@@H]4c4ccccc4)CC3)C2=O)cc1. The molecule has 0 aliphatic carbocycles. The summed E-state index contributed by atoms with van der Waals surface area (Å²) in [5.41, 5.74) is 0.797. The van der Waals surface area contributed by atoms with Crippen LogP contribution in [0.5, 0.6) is 0 Å². The fourth-order valence-electron chi connectivity index (χ4n) is 6.66. The zero-order chi connectivity index (χ0) is 31.1. The van der Waals surface area contributed by atoms with E-state index in [9.17, 15) is 26.4 Å². The van der Waals surface area contributed by atoms with Gasteiger partial charge in [-0.15, -0.1) is 0 Å². The number of rotatable bonds is 8. The second kappa shape index (κ2) is 11.7. The Hall–Kier alpha value is -3.58. The monoisotopic (exact) mass is 636 g/mol. The van der Waals surface area contributed by atoms with Crippen LogP contribution < -0.4 is 5.32 Å². The van der Waals surface area contributed by atoms with Crippen molar-refractivity contribution in [1.29, 1.82) is 0 Å². The van der Waals surface area contributed by atoms with Crippen molar-refractivity contribution in [3.8, 4) is 0 Å². The molecule has 44 heavy (non-hydrogen) atoms. The van der Waals surface area contributed by atoms with E-state index in [1.165, 1.54) is 17.0 Å². The summed E-state index contributed by atoms with van der Waals surface area (Å²) in [5.74, 6) is -0.175. The number of hydrogen-bond donors (Lipinski definition) is 1. The number of nitrogens with one attached hydrogen (secondary N) is 1. The maximum atomic E-state index is 13.6. The number of hydrogen-bond acceptors (Lipinski definition) is 7. The Morgan fingerprint density at radius 2 is 1.41 bits per heavy atom. The van der Waals surface area contributed by atoms with Gasteiger partial charge in [0.05, 0.1) is 16.3 Å². The molecule has 1 N–H and O–H groups in total. The summed E-state index contributed by atoms with van der Waals surface area (Å²) in [6.07, 6.45) is 2.04. The van der Waals surface area contributed by atoms with E-state index in [1.807, 2.05) is 18.2 Å². The van der Waals surface area contributed by atoms with Gasteiger partial charge >= 0.3 is 6.03 Å². The first-order valence-corrected chi connectivity index (χ1v) is 18.1. The molecule has 3 aliphatic heterocycles. The molecule has 3 saturated heterocycles. The summed E-state index contributed by atoms with van der Waals surface area (Å²) >= 11 is 0. The van der Waals surface area contributed by atoms with Gasteiger partial charge in [-0.2, -0.15) is 4.31 Å². The van der Waals surface area contributed by atoms with Crippen molar-refractivity contribution in [2.24, 2.45) is 5.92 Å².